The Balaban J connectivity index is 2.24. The molecule has 1 aliphatic rings. The lowest BCUT2D eigenvalue weighted by Gasteiger charge is -2.30. The number of ether oxygens (including phenoxy) is 1. The Hall–Kier alpha value is -0.410. The lowest BCUT2D eigenvalue weighted by molar-refractivity contribution is -0.0560. The average molecular weight is 253 g/mol. The summed E-state index contributed by atoms with van der Waals surface area (Å²) in [4.78, 5) is 4.78. The molecule has 3 heteroatoms. The molecule has 1 aromatic heterocycles. The van der Waals surface area contributed by atoms with Crippen LogP contribution in [0, 0.1) is 0 Å². The van der Waals surface area contributed by atoms with Gasteiger partial charge in [0.05, 0.1) is 5.69 Å². The van der Waals surface area contributed by atoms with Crippen LogP contribution < -0.4 is 0 Å². The minimum atomic E-state index is -0.0661. The molecule has 1 aliphatic carbocycles. The quantitative estimate of drug-likeness (QED) is 0.747. The Bertz CT molecular complexity index is 340. The number of hydrogen-bond acceptors (Lipinski definition) is 3. The van der Waals surface area contributed by atoms with Gasteiger partial charge in [-0.15, -0.1) is 11.3 Å². The fourth-order valence-electron chi connectivity index (χ4n) is 2.67. The van der Waals surface area contributed by atoms with Gasteiger partial charge in [0.15, 0.2) is 0 Å². The predicted octanol–water partition coefficient (Wildman–Crippen LogP) is 4.29. The summed E-state index contributed by atoms with van der Waals surface area (Å²) >= 11 is 1.79. The standard InChI is InChI=1S/C14H23NOS/c1-3-12-11-17-13(15-12)14(16-4-2)9-7-5-6-8-10-14/h11H,3-10H2,1-2H3. The van der Waals surface area contributed by atoms with E-state index >= 15 is 0 Å². The van der Waals surface area contributed by atoms with Crippen molar-refractivity contribution >= 4 is 11.3 Å². The molecule has 1 fully saturated rings. The second kappa shape index (κ2) is 5.96. The summed E-state index contributed by atoms with van der Waals surface area (Å²) in [5, 5.41) is 3.42. The molecule has 96 valence electrons. The maximum Gasteiger partial charge on any atom is 0.125 e. The van der Waals surface area contributed by atoms with E-state index in [2.05, 4.69) is 19.2 Å². The van der Waals surface area contributed by atoms with Crippen LogP contribution >= 0.6 is 11.3 Å². The number of thiazole rings is 1. The lowest BCUT2D eigenvalue weighted by Crippen LogP contribution is -2.29. The summed E-state index contributed by atoms with van der Waals surface area (Å²) < 4.78 is 6.14. The maximum absolute atomic E-state index is 6.14. The van der Waals surface area contributed by atoms with Crippen molar-refractivity contribution in [3.8, 4) is 0 Å². The molecule has 0 aromatic carbocycles. The number of aryl methyl sites for hydroxylation is 1. The molecule has 2 nitrogen and oxygen atoms in total. The second-order valence-electron chi connectivity index (χ2n) is 4.84. The largest absolute Gasteiger partial charge is 0.368 e. The van der Waals surface area contributed by atoms with Gasteiger partial charge in [-0.25, -0.2) is 4.98 Å². The zero-order chi connectivity index (χ0) is 12.1. The summed E-state index contributed by atoms with van der Waals surface area (Å²) in [6, 6.07) is 0. The third-order valence-electron chi connectivity index (χ3n) is 3.64. The van der Waals surface area contributed by atoms with E-state index in [-0.39, 0.29) is 5.60 Å². The van der Waals surface area contributed by atoms with E-state index in [1.54, 1.807) is 11.3 Å². The van der Waals surface area contributed by atoms with Gasteiger partial charge in [0.1, 0.15) is 10.6 Å². The van der Waals surface area contributed by atoms with E-state index in [9.17, 15) is 0 Å². The SMILES string of the molecule is CCOC1(c2nc(CC)cs2)CCCCCC1. The van der Waals surface area contributed by atoms with Gasteiger partial charge in [-0.1, -0.05) is 32.6 Å². The number of hydrogen-bond donors (Lipinski definition) is 0. The monoisotopic (exact) mass is 253 g/mol. The van der Waals surface area contributed by atoms with Crippen LogP contribution in [-0.4, -0.2) is 11.6 Å². The fraction of sp³-hybridized carbons (Fsp3) is 0.786. The smallest absolute Gasteiger partial charge is 0.125 e. The van der Waals surface area contributed by atoms with Crippen LogP contribution in [0.4, 0.5) is 0 Å². The van der Waals surface area contributed by atoms with Crippen LogP contribution in [0.25, 0.3) is 0 Å². The topological polar surface area (TPSA) is 22.1 Å². The average Bonchev–Trinajstić information content (AvgIpc) is 2.71. The van der Waals surface area contributed by atoms with Crippen LogP contribution in [0.3, 0.4) is 0 Å². The summed E-state index contributed by atoms with van der Waals surface area (Å²) in [6.07, 6.45) is 8.58. The molecule has 0 saturated heterocycles. The van der Waals surface area contributed by atoms with E-state index in [4.69, 9.17) is 9.72 Å². The molecule has 17 heavy (non-hydrogen) atoms. The Kier molecular flexibility index (Phi) is 4.57. The van der Waals surface area contributed by atoms with E-state index in [0.29, 0.717) is 0 Å². The summed E-state index contributed by atoms with van der Waals surface area (Å²) in [7, 11) is 0. The van der Waals surface area contributed by atoms with Gasteiger partial charge in [-0.2, -0.15) is 0 Å². The van der Waals surface area contributed by atoms with Crippen molar-refractivity contribution in [1.82, 2.24) is 4.98 Å². The minimum Gasteiger partial charge on any atom is -0.368 e. The van der Waals surface area contributed by atoms with Crippen LogP contribution in [0.15, 0.2) is 5.38 Å². The molecule has 2 rings (SSSR count). The predicted molar refractivity (Wildman–Crippen MR) is 72.5 cm³/mol. The molecule has 0 N–H and O–H groups in total. The van der Waals surface area contributed by atoms with E-state index in [0.717, 1.165) is 25.9 Å². The normalized spacial score (nSPS) is 20.1. The van der Waals surface area contributed by atoms with Gasteiger partial charge in [-0.3, -0.25) is 0 Å². The van der Waals surface area contributed by atoms with Crippen LogP contribution in [0.2, 0.25) is 0 Å². The number of aromatic nitrogens is 1. The first-order valence-electron chi connectivity index (χ1n) is 6.89. The van der Waals surface area contributed by atoms with Gasteiger partial charge in [-0.05, 0) is 26.2 Å². The van der Waals surface area contributed by atoms with Gasteiger partial charge in [0.25, 0.3) is 0 Å². The fourth-order valence-corrected chi connectivity index (χ4v) is 3.79. The summed E-state index contributed by atoms with van der Waals surface area (Å²) in [6.45, 7) is 5.06. The highest BCUT2D eigenvalue weighted by Crippen LogP contribution is 2.40. The molecule has 0 radical (unpaired) electrons. The van der Waals surface area contributed by atoms with Crippen LogP contribution in [-0.2, 0) is 16.8 Å². The van der Waals surface area contributed by atoms with Crippen molar-refractivity contribution in [3.05, 3.63) is 16.1 Å². The molecule has 1 saturated carbocycles. The zero-order valence-corrected chi connectivity index (χ0v) is 11.8. The Morgan fingerprint density at radius 2 is 1.94 bits per heavy atom. The molecule has 0 amide bonds. The van der Waals surface area contributed by atoms with Crippen molar-refractivity contribution in [1.29, 1.82) is 0 Å². The summed E-state index contributed by atoms with van der Waals surface area (Å²) in [5.74, 6) is 0. The second-order valence-corrected chi connectivity index (χ2v) is 5.70. The molecule has 0 atom stereocenters. The molecule has 0 unspecified atom stereocenters. The first-order chi connectivity index (χ1) is 8.30. The molecule has 0 spiro atoms. The van der Waals surface area contributed by atoms with Crippen molar-refractivity contribution in [2.24, 2.45) is 0 Å². The maximum atomic E-state index is 6.14. The molecule has 0 bridgehead atoms. The highest BCUT2D eigenvalue weighted by molar-refractivity contribution is 7.09. The Morgan fingerprint density at radius 1 is 1.24 bits per heavy atom. The first kappa shape index (κ1) is 13.0. The van der Waals surface area contributed by atoms with Crippen molar-refractivity contribution in [2.75, 3.05) is 6.61 Å². The Morgan fingerprint density at radius 3 is 2.47 bits per heavy atom. The van der Waals surface area contributed by atoms with Crippen molar-refractivity contribution in [3.63, 3.8) is 0 Å². The Labute approximate surface area is 108 Å². The lowest BCUT2D eigenvalue weighted by atomic mass is 9.95. The zero-order valence-electron chi connectivity index (χ0n) is 11.0. The van der Waals surface area contributed by atoms with E-state index in [1.807, 2.05) is 0 Å². The van der Waals surface area contributed by atoms with E-state index in [1.165, 1.54) is 36.4 Å². The number of nitrogens with zero attached hydrogens (tertiary/aromatic N) is 1. The highest BCUT2D eigenvalue weighted by Gasteiger charge is 2.36. The van der Waals surface area contributed by atoms with Crippen molar-refractivity contribution in [2.45, 2.75) is 64.4 Å². The van der Waals surface area contributed by atoms with Gasteiger partial charge >= 0.3 is 0 Å². The molecule has 0 aliphatic heterocycles. The minimum absolute atomic E-state index is 0.0661. The highest BCUT2D eigenvalue weighted by atomic mass is 32.1. The van der Waals surface area contributed by atoms with Gasteiger partial charge in [0.2, 0.25) is 0 Å². The molecular weight excluding hydrogens is 230 g/mol. The van der Waals surface area contributed by atoms with E-state index < -0.39 is 0 Å². The van der Waals surface area contributed by atoms with Gasteiger partial charge in [0, 0.05) is 12.0 Å². The third kappa shape index (κ3) is 2.89. The molecule has 1 heterocycles. The number of rotatable bonds is 4. The van der Waals surface area contributed by atoms with Crippen LogP contribution in [0.1, 0.15) is 63.1 Å². The van der Waals surface area contributed by atoms with Crippen LogP contribution in [0.5, 0.6) is 0 Å². The molecular formula is C14H23NOS. The van der Waals surface area contributed by atoms with Gasteiger partial charge < -0.3 is 4.74 Å². The first-order valence-corrected chi connectivity index (χ1v) is 7.77. The molecule has 1 aromatic rings. The van der Waals surface area contributed by atoms with Crippen molar-refractivity contribution < 1.29 is 4.74 Å². The summed E-state index contributed by atoms with van der Waals surface area (Å²) in [5.41, 5.74) is 1.15. The third-order valence-corrected chi connectivity index (χ3v) is 4.71.